The molecule has 0 fully saturated rings. The van der Waals surface area contributed by atoms with Crippen LogP contribution in [-0.4, -0.2) is 44.8 Å². The standard InChI is InChI=1S/C16H21N5O4/c1-8(2)13(15(24)25-5)19-14(23)11-7-12(22)21(20-11)16-17-9(3)6-10(4)18-16/h6-8,13,20H,1-5H3,(H,19,23). The first-order valence-electron chi connectivity index (χ1n) is 7.76. The van der Waals surface area contributed by atoms with Gasteiger partial charge in [-0.3, -0.25) is 14.7 Å². The number of aryl methyl sites for hydroxylation is 2. The van der Waals surface area contributed by atoms with Crippen LogP contribution in [0.2, 0.25) is 0 Å². The normalized spacial score (nSPS) is 12.1. The lowest BCUT2D eigenvalue weighted by Gasteiger charge is -2.19. The van der Waals surface area contributed by atoms with Crippen molar-refractivity contribution in [1.82, 2.24) is 25.1 Å². The van der Waals surface area contributed by atoms with Crippen LogP contribution in [0.15, 0.2) is 16.9 Å². The molecule has 0 aliphatic heterocycles. The summed E-state index contributed by atoms with van der Waals surface area (Å²) in [4.78, 5) is 44.6. The molecule has 9 heteroatoms. The molecule has 2 rings (SSSR count). The van der Waals surface area contributed by atoms with Crippen LogP contribution in [0.3, 0.4) is 0 Å². The molecule has 0 radical (unpaired) electrons. The molecule has 0 saturated heterocycles. The summed E-state index contributed by atoms with van der Waals surface area (Å²) in [6.45, 7) is 7.12. The van der Waals surface area contributed by atoms with Gasteiger partial charge in [-0.25, -0.2) is 14.8 Å². The Kier molecular flexibility index (Phi) is 5.35. The summed E-state index contributed by atoms with van der Waals surface area (Å²) in [5.41, 5.74) is 0.915. The Morgan fingerprint density at radius 3 is 2.32 bits per heavy atom. The highest BCUT2D eigenvalue weighted by atomic mass is 16.5. The summed E-state index contributed by atoms with van der Waals surface area (Å²) < 4.78 is 5.77. The van der Waals surface area contributed by atoms with Crippen molar-refractivity contribution < 1.29 is 14.3 Å². The van der Waals surface area contributed by atoms with Crippen LogP contribution < -0.4 is 10.9 Å². The predicted molar refractivity (Wildman–Crippen MR) is 89.6 cm³/mol. The van der Waals surface area contributed by atoms with Gasteiger partial charge in [0.15, 0.2) is 0 Å². The van der Waals surface area contributed by atoms with E-state index >= 15 is 0 Å². The smallest absolute Gasteiger partial charge is 0.328 e. The molecular weight excluding hydrogens is 326 g/mol. The molecule has 1 atom stereocenters. The molecule has 2 aromatic heterocycles. The Labute approximate surface area is 144 Å². The number of methoxy groups -OCH3 is 1. The molecule has 134 valence electrons. The quantitative estimate of drug-likeness (QED) is 0.760. The van der Waals surface area contributed by atoms with E-state index < -0.39 is 23.5 Å². The predicted octanol–water partition coefficient (Wildman–Crippen LogP) is 0.500. The maximum Gasteiger partial charge on any atom is 0.328 e. The molecule has 0 bridgehead atoms. The van der Waals surface area contributed by atoms with E-state index in [0.717, 1.165) is 10.7 Å². The van der Waals surface area contributed by atoms with Crippen LogP contribution in [0.1, 0.15) is 35.7 Å². The van der Waals surface area contributed by atoms with Crippen LogP contribution in [0.5, 0.6) is 0 Å². The van der Waals surface area contributed by atoms with E-state index in [2.05, 4.69) is 25.1 Å². The molecule has 2 aromatic rings. The second kappa shape index (κ2) is 7.29. The minimum Gasteiger partial charge on any atom is -0.467 e. The first-order chi connectivity index (χ1) is 11.7. The zero-order valence-corrected chi connectivity index (χ0v) is 14.8. The van der Waals surface area contributed by atoms with E-state index in [9.17, 15) is 14.4 Å². The third-order valence-corrected chi connectivity index (χ3v) is 3.54. The topological polar surface area (TPSA) is 119 Å². The zero-order valence-electron chi connectivity index (χ0n) is 14.8. The Bertz CT molecular complexity index is 832. The van der Waals surface area contributed by atoms with Gasteiger partial charge in [0.25, 0.3) is 17.4 Å². The van der Waals surface area contributed by atoms with Crippen molar-refractivity contribution in [2.45, 2.75) is 33.7 Å². The first kappa shape index (κ1) is 18.4. The number of hydrogen-bond acceptors (Lipinski definition) is 6. The number of aromatic amines is 1. The number of ether oxygens (including phenoxy) is 1. The van der Waals surface area contributed by atoms with Crippen molar-refractivity contribution in [3.8, 4) is 5.95 Å². The van der Waals surface area contributed by atoms with Crippen molar-refractivity contribution in [2.24, 2.45) is 5.92 Å². The van der Waals surface area contributed by atoms with Gasteiger partial charge >= 0.3 is 5.97 Å². The van der Waals surface area contributed by atoms with Crippen LogP contribution in [-0.2, 0) is 9.53 Å². The van der Waals surface area contributed by atoms with E-state index in [-0.39, 0.29) is 17.6 Å². The zero-order chi connectivity index (χ0) is 18.7. The van der Waals surface area contributed by atoms with E-state index in [1.54, 1.807) is 33.8 Å². The van der Waals surface area contributed by atoms with Crippen molar-refractivity contribution >= 4 is 11.9 Å². The lowest BCUT2D eigenvalue weighted by molar-refractivity contribution is -0.144. The summed E-state index contributed by atoms with van der Waals surface area (Å²) in [5, 5.41) is 5.23. The number of aromatic nitrogens is 4. The van der Waals surface area contributed by atoms with E-state index in [1.165, 1.54) is 7.11 Å². The van der Waals surface area contributed by atoms with Gasteiger partial charge < -0.3 is 10.1 Å². The molecule has 2 heterocycles. The Morgan fingerprint density at radius 1 is 1.20 bits per heavy atom. The van der Waals surface area contributed by atoms with Gasteiger partial charge in [-0.05, 0) is 25.8 Å². The first-order valence-corrected chi connectivity index (χ1v) is 7.76. The number of amides is 1. The average Bonchev–Trinajstić information content (AvgIpc) is 2.92. The molecule has 0 aromatic carbocycles. The third kappa shape index (κ3) is 4.11. The number of carbonyl (C=O) groups excluding carboxylic acids is 2. The number of rotatable bonds is 5. The molecule has 1 unspecified atom stereocenters. The van der Waals surface area contributed by atoms with Gasteiger partial charge in [-0.1, -0.05) is 13.8 Å². The largest absolute Gasteiger partial charge is 0.467 e. The van der Waals surface area contributed by atoms with Crippen LogP contribution >= 0.6 is 0 Å². The number of esters is 1. The molecule has 25 heavy (non-hydrogen) atoms. The van der Waals surface area contributed by atoms with Gasteiger partial charge in [0.2, 0.25) is 0 Å². The Morgan fingerprint density at radius 2 is 1.80 bits per heavy atom. The fraction of sp³-hybridized carbons (Fsp3) is 0.438. The van der Waals surface area contributed by atoms with Crippen molar-refractivity contribution in [3.05, 3.63) is 39.6 Å². The highest BCUT2D eigenvalue weighted by Crippen LogP contribution is 2.06. The second-order valence-electron chi connectivity index (χ2n) is 6.01. The maximum atomic E-state index is 12.4. The number of hydrogen-bond donors (Lipinski definition) is 2. The van der Waals surface area contributed by atoms with Gasteiger partial charge in [0, 0.05) is 17.5 Å². The lowest BCUT2D eigenvalue weighted by atomic mass is 10.0. The fourth-order valence-electron chi connectivity index (χ4n) is 2.31. The molecule has 2 N–H and O–H groups in total. The van der Waals surface area contributed by atoms with Crippen molar-refractivity contribution in [3.63, 3.8) is 0 Å². The van der Waals surface area contributed by atoms with E-state index in [4.69, 9.17) is 0 Å². The molecular formula is C16H21N5O4. The van der Waals surface area contributed by atoms with Gasteiger partial charge in [0.05, 0.1) is 7.11 Å². The minimum absolute atomic E-state index is 0.00214. The van der Waals surface area contributed by atoms with Gasteiger partial charge in [0.1, 0.15) is 11.7 Å². The Balaban J connectivity index is 2.31. The van der Waals surface area contributed by atoms with E-state index in [1.807, 2.05) is 0 Å². The second-order valence-corrected chi connectivity index (χ2v) is 6.01. The molecule has 0 spiro atoms. The lowest BCUT2D eigenvalue weighted by Crippen LogP contribution is -2.45. The molecule has 1 amide bonds. The average molecular weight is 347 g/mol. The summed E-state index contributed by atoms with van der Waals surface area (Å²) in [5.74, 6) is -1.17. The SMILES string of the molecule is COC(=O)C(NC(=O)c1cc(=O)n(-c2nc(C)cc(C)n2)[nH]1)C(C)C. The summed E-state index contributed by atoms with van der Waals surface area (Å²) in [6.07, 6.45) is 0. The summed E-state index contributed by atoms with van der Waals surface area (Å²) in [7, 11) is 1.25. The number of nitrogens with one attached hydrogen (secondary N) is 2. The van der Waals surface area contributed by atoms with Crippen molar-refractivity contribution in [1.29, 1.82) is 0 Å². The van der Waals surface area contributed by atoms with Crippen LogP contribution in [0.4, 0.5) is 0 Å². The number of H-pyrrole nitrogens is 1. The minimum atomic E-state index is -0.818. The molecule has 9 nitrogen and oxygen atoms in total. The van der Waals surface area contributed by atoms with Gasteiger partial charge in [-0.2, -0.15) is 4.68 Å². The number of carbonyl (C=O) groups is 2. The van der Waals surface area contributed by atoms with E-state index in [0.29, 0.717) is 11.4 Å². The maximum absolute atomic E-state index is 12.4. The number of nitrogens with zero attached hydrogens (tertiary/aromatic N) is 3. The Hall–Kier alpha value is -2.97. The van der Waals surface area contributed by atoms with Crippen molar-refractivity contribution in [2.75, 3.05) is 7.11 Å². The monoisotopic (exact) mass is 347 g/mol. The summed E-state index contributed by atoms with van der Waals surface area (Å²) in [6, 6.07) is 2.08. The highest BCUT2D eigenvalue weighted by molar-refractivity contribution is 5.95. The molecule has 0 saturated carbocycles. The molecule has 0 aliphatic carbocycles. The molecule has 0 aliphatic rings. The van der Waals surface area contributed by atoms with Crippen LogP contribution in [0.25, 0.3) is 5.95 Å². The third-order valence-electron chi connectivity index (χ3n) is 3.54. The fourth-order valence-corrected chi connectivity index (χ4v) is 2.31. The van der Waals surface area contributed by atoms with Gasteiger partial charge in [-0.15, -0.1) is 0 Å². The highest BCUT2D eigenvalue weighted by Gasteiger charge is 2.26. The van der Waals surface area contributed by atoms with Crippen LogP contribution in [0, 0.1) is 19.8 Å². The summed E-state index contributed by atoms with van der Waals surface area (Å²) >= 11 is 0.